The number of hydrogen-bond donors (Lipinski definition) is 1. The maximum atomic E-state index is 13.2. The molecule has 1 aliphatic rings. The van der Waals surface area contributed by atoms with E-state index in [4.69, 9.17) is 0 Å². The number of carbonyl (C=O) groups excluding carboxylic acids is 1. The van der Waals surface area contributed by atoms with Crippen molar-refractivity contribution in [2.24, 2.45) is 5.92 Å². The molecule has 2 heterocycles. The van der Waals surface area contributed by atoms with E-state index in [1.54, 1.807) is 0 Å². The van der Waals surface area contributed by atoms with Crippen LogP contribution in [0, 0.1) is 5.92 Å². The van der Waals surface area contributed by atoms with E-state index < -0.39 is 18.1 Å². The third-order valence-electron chi connectivity index (χ3n) is 4.28. The Labute approximate surface area is 134 Å². The molecule has 7 heteroatoms. The summed E-state index contributed by atoms with van der Waals surface area (Å²) in [6, 6.07) is 0.755. The number of nitrogens with zero attached hydrogens (tertiary/aromatic N) is 2. The molecule has 1 aliphatic heterocycles. The summed E-state index contributed by atoms with van der Waals surface area (Å²) in [6.45, 7) is 4.85. The third-order valence-corrected chi connectivity index (χ3v) is 4.28. The van der Waals surface area contributed by atoms with Gasteiger partial charge in [0.1, 0.15) is 0 Å². The molecule has 0 saturated carbocycles. The molecule has 4 nitrogen and oxygen atoms in total. The van der Waals surface area contributed by atoms with Crippen LogP contribution in [0.5, 0.6) is 0 Å². The van der Waals surface area contributed by atoms with Gasteiger partial charge in [-0.15, -0.1) is 0 Å². The summed E-state index contributed by atoms with van der Waals surface area (Å²) >= 11 is 0. The lowest BCUT2D eigenvalue weighted by molar-refractivity contribution is -0.163. The Balaban J connectivity index is 1.94. The molecule has 1 atom stereocenters. The number of pyridine rings is 1. The summed E-state index contributed by atoms with van der Waals surface area (Å²) in [6.07, 6.45) is -0.150. The molecule has 1 aromatic rings. The highest BCUT2D eigenvalue weighted by Crippen LogP contribution is 2.32. The summed E-state index contributed by atoms with van der Waals surface area (Å²) in [5.74, 6) is -0.397. The van der Waals surface area contributed by atoms with Gasteiger partial charge in [-0.1, -0.05) is 13.0 Å². The van der Waals surface area contributed by atoms with Gasteiger partial charge in [0.15, 0.2) is 6.04 Å². The zero-order valence-corrected chi connectivity index (χ0v) is 13.1. The van der Waals surface area contributed by atoms with Gasteiger partial charge in [0.2, 0.25) is 5.91 Å². The number of likely N-dealkylation sites (tertiary alicyclic amines) is 1. The number of amides is 1. The van der Waals surface area contributed by atoms with Crippen LogP contribution in [-0.4, -0.2) is 41.6 Å². The van der Waals surface area contributed by atoms with E-state index >= 15 is 0 Å². The van der Waals surface area contributed by atoms with Crippen LogP contribution in [0.1, 0.15) is 37.8 Å². The lowest BCUT2D eigenvalue weighted by Gasteiger charge is -2.31. The Hall–Kier alpha value is -1.63. The molecule has 1 saturated heterocycles. The van der Waals surface area contributed by atoms with E-state index in [1.165, 1.54) is 18.3 Å². The lowest BCUT2D eigenvalue weighted by atomic mass is 9.93. The predicted molar refractivity (Wildman–Crippen MR) is 80.6 cm³/mol. The molecule has 23 heavy (non-hydrogen) atoms. The first kappa shape index (κ1) is 17.7. The largest absolute Gasteiger partial charge is 0.412 e. The summed E-state index contributed by atoms with van der Waals surface area (Å²) in [4.78, 5) is 18.0. The molecule has 0 aliphatic carbocycles. The number of piperidine rings is 1. The van der Waals surface area contributed by atoms with Gasteiger partial charge in [0.05, 0.1) is 0 Å². The van der Waals surface area contributed by atoms with Crippen molar-refractivity contribution in [3.63, 3.8) is 0 Å². The van der Waals surface area contributed by atoms with Crippen LogP contribution >= 0.6 is 0 Å². The van der Waals surface area contributed by atoms with Crippen LogP contribution in [0.3, 0.4) is 0 Å². The fourth-order valence-electron chi connectivity index (χ4n) is 2.89. The second-order valence-electron chi connectivity index (χ2n) is 5.91. The van der Waals surface area contributed by atoms with Crippen molar-refractivity contribution >= 4 is 5.91 Å². The molecule has 0 aromatic carbocycles. The van der Waals surface area contributed by atoms with E-state index in [-0.39, 0.29) is 17.9 Å². The van der Waals surface area contributed by atoms with Crippen molar-refractivity contribution in [1.82, 2.24) is 15.2 Å². The molecule has 0 radical (unpaired) electrons. The second kappa shape index (κ2) is 7.77. The molecular weight excluding hydrogens is 307 g/mol. The molecular formula is C16H22F3N3O. The number of alkyl halides is 3. The van der Waals surface area contributed by atoms with Gasteiger partial charge in [-0.05, 0) is 44.5 Å². The molecule has 1 aromatic heterocycles. The van der Waals surface area contributed by atoms with E-state index in [9.17, 15) is 18.0 Å². The summed E-state index contributed by atoms with van der Waals surface area (Å²) in [5.41, 5.74) is -0.0471. The Morgan fingerprint density at radius 2 is 2.13 bits per heavy atom. The molecule has 1 amide bonds. The van der Waals surface area contributed by atoms with Crippen molar-refractivity contribution in [3.05, 3.63) is 30.1 Å². The Kier molecular flexibility index (Phi) is 5.98. The normalized spacial score (nSPS) is 18.6. The highest BCUT2D eigenvalue weighted by atomic mass is 19.4. The van der Waals surface area contributed by atoms with Gasteiger partial charge in [-0.2, -0.15) is 13.2 Å². The van der Waals surface area contributed by atoms with Crippen LogP contribution in [0.2, 0.25) is 0 Å². The van der Waals surface area contributed by atoms with Gasteiger partial charge < -0.3 is 10.2 Å². The van der Waals surface area contributed by atoms with Gasteiger partial charge in [0, 0.05) is 24.4 Å². The van der Waals surface area contributed by atoms with E-state index in [1.807, 2.05) is 0 Å². The fraction of sp³-hybridized carbons (Fsp3) is 0.625. The molecule has 0 bridgehead atoms. The zero-order valence-electron chi connectivity index (χ0n) is 13.1. The smallest absolute Gasteiger partial charge is 0.341 e. The van der Waals surface area contributed by atoms with Gasteiger partial charge in [0.25, 0.3) is 0 Å². The molecule has 2 rings (SSSR count). The zero-order chi connectivity index (χ0) is 16.9. The highest BCUT2D eigenvalue weighted by Gasteiger charge is 2.42. The van der Waals surface area contributed by atoms with Crippen molar-refractivity contribution in [1.29, 1.82) is 0 Å². The van der Waals surface area contributed by atoms with Gasteiger partial charge in [-0.3, -0.25) is 9.78 Å². The Bertz CT molecular complexity index is 499. The van der Waals surface area contributed by atoms with Crippen molar-refractivity contribution in [2.75, 3.05) is 19.6 Å². The minimum Gasteiger partial charge on any atom is -0.341 e. The molecule has 1 N–H and O–H groups in total. The van der Waals surface area contributed by atoms with Crippen LogP contribution < -0.4 is 5.32 Å². The van der Waals surface area contributed by atoms with Gasteiger partial charge in [-0.25, -0.2) is 0 Å². The quantitative estimate of drug-likeness (QED) is 0.903. The van der Waals surface area contributed by atoms with Gasteiger partial charge >= 0.3 is 6.18 Å². The van der Waals surface area contributed by atoms with Crippen LogP contribution in [0.25, 0.3) is 0 Å². The summed E-state index contributed by atoms with van der Waals surface area (Å²) < 4.78 is 39.6. The van der Waals surface area contributed by atoms with E-state index in [2.05, 4.69) is 22.1 Å². The highest BCUT2D eigenvalue weighted by molar-refractivity contribution is 5.76. The fourth-order valence-corrected chi connectivity index (χ4v) is 2.89. The maximum Gasteiger partial charge on any atom is 0.412 e. The van der Waals surface area contributed by atoms with Crippen LogP contribution in [0.4, 0.5) is 13.2 Å². The average molecular weight is 329 g/mol. The van der Waals surface area contributed by atoms with Crippen molar-refractivity contribution in [3.8, 4) is 0 Å². The topological polar surface area (TPSA) is 45.2 Å². The number of nitrogens with one attached hydrogen (secondary N) is 1. The number of halogens is 3. The number of hydrogen-bond acceptors (Lipinski definition) is 3. The van der Waals surface area contributed by atoms with Crippen LogP contribution in [0.15, 0.2) is 24.5 Å². The molecule has 128 valence electrons. The molecule has 0 unspecified atom stereocenters. The Morgan fingerprint density at radius 3 is 2.65 bits per heavy atom. The molecule has 1 fully saturated rings. The minimum atomic E-state index is -4.54. The first-order valence-electron chi connectivity index (χ1n) is 7.88. The van der Waals surface area contributed by atoms with E-state index in [0.29, 0.717) is 0 Å². The standard InChI is InChI=1S/C16H22F3N3O/c1-2-22-8-5-12(6-9-22)10-14(23)21-15(16(17,18)19)13-4-3-7-20-11-13/h3-4,7,11-12,15H,2,5-6,8-10H2,1H3,(H,21,23)/t15-/m0/s1. The Morgan fingerprint density at radius 1 is 1.43 bits per heavy atom. The predicted octanol–water partition coefficient (Wildman–Crippen LogP) is 2.92. The van der Waals surface area contributed by atoms with Crippen molar-refractivity contribution < 1.29 is 18.0 Å². The number of rotatable bonds is 5. The van der Waals surface area contributed by atoms with Crippen molar-refractivity contribution in [2.45, 2.75) is 38.4 Å². The average Bonchev–Trinajstić information content (AvgIpc) is 2.53. The summed E-state index contributed by atoms with van der Waals surface area (Å²) in [5, 5.41) is 2.13. The number of carbonyl (C=O) groups is 1. The minimum absolute atomic E-state index is 0.0471. The second-order valence-corrected chi connectivity index (χ2v) is 5.91. The molecule has 0 spiro atoms. The number of aromatic nitrogens is 1. The first-order valence-corrected chi connectivity index (χ1v) is 7.88. The summed E-state index contributed by atoms with van der Waals surface area (Å²) in [7, 11) is 0. The third kappa shape index (κ3) is 5.20. The van der Waals surface area contributed by atoms with E-state index in [0.717, 1.165) is 38.7 Å². The monoisotopic (exact) mass is 329 g/mol. The lowest BCUT2D eigenvalue weighted by Crippen LogP contribution is -2.40. The first-order chi connectivity index (χ1) is 10.9. The van der Waals surface area contributed by atoms with Crippen LogP contribution in [-0.2, 0) is 4.79 Å². The SMILES string of the molecule is CCN1CCC(CC(=O)N[C@@H](c2cccnc2)C(F)(F)F)CC1. The maximum absolute atomic E-state index is 13.2.